The predicted octanol–water partition coefficient (Wildman–Crippen LogP) is 3.18. The second kappa shape index (κ2) is 5.26. The van der Waals surface area contributed by atoms with E-state index in [1.54, 1.807) is 0 Å². The molecule has 26 heavy (non-hydrogen) atoms. The average molecular weight is 340 g/mol. The molecule has 2 aromatic rings. The Hall–Kier alpha value is -3.47. The molecule has 1 aliphatic carbocycles. The van der Waals surface area contributed by atoms with E-state index in [4.69, 9.17) is 15.7 Å². The van der Waals surface area contributed by atoms with Crippen molar-refractivity contribution >= 4 is 5.91 Å². The number of nitrogens with zero attached hydrogens (tertiary/aromatic N) is 3. The van der Waals surface area contributed by atoms with Crippen LogP contribution in [0.5, 0.6) is 0 Å². The number of aryl methyl sites for hydroxylation is 1. The summed E-state index contributed by atoms with van der Waals surface area (Å²) in [4.78, 5) is 21.6. The van der Waals surface area contributed by atoms with Crippen LogP contribution >= 0.6 is 0 Å². The van der Waals surface area contributed by atoms with Crippen LogP contribution in [0.4, 0.5) is 0 Å². The molecule has 3 aliphatic rings. The van der Waals surface area contributed by atoms with Crippen molar-refractivity contribution in [2.24, 2.45) is 12.8 Å². The van der Waals surface area contributed by atoms with Gasteiger partial charge in [0.05, 0.1) is 11.6 Å². The molecule has 0 saturated heterocycles. The molecular weight excluding hydrogens is 324 g/mol. The molecule has 1 amide bonds. The van der Waals surface area contributed by atoms with E-state index in [0.717, 1.165) is 39.2 Å². The Kier molecular flexibility index (Phi) is 3.00. The lowest BCUT2D eigenvalue weighted by molar-refractivity contribution is -0.118. The van der Waals surface area contributed by atoms with E-state index in [0.29, 0.717) is 5.82 Å². The van der Waals surface area contributed by atoms with E-state index in [9.17, 15) is 4.79 Å². The summed E-state index contributed by atoms with van der Waals surface area (Å²) in [7, 11) is 1.96. The normalized spacial score (nSPS) is 15.0. The van der Waals surface area contributed by atoms with Gasteiger partial charge in [-0.2, -0.15) is 0 Å². The molecule has 5 heteroatoms. The maximum absolute atomic E-state index is 12.1. The molecule has 0 bridgehead atoms. The van der Waals surface area contributed by atoms with Gasteiger partial charge in [-0.15, -0.1) is 0 Å². The van der Waals surface area contributed by atoms with Gasteiger partial charge in [-0.25, -0.2) is 9.97 Å². The third-order valence-corrected chi connectivity index (χ3v) is 4.98. The largest absolute Gasteiger partial charge is 0.369 e. The molecule has 2 N–H and O–H groups in total. The van der Waals surface area contributed by atoms with E-state index in [1.165, 1.54) is 0 Å². The molecular formula is C21H16N4O. The first-order valence-corrected chi connectivity index (χ1v) is 8.45. The SMILES string of the molecule is Cn1ccc2nc(-c3cccc4c3-c3ccccc3C4C(N)=O)nc-2c1. The topological polar surface area (TPSA) is 73.8 Å². The summed E-state index contributed by atoms with van der Waals surface area (Å²) in [6.07, 6.45) is 3.91. The Morgan fingerprint density at radius 1 is 0.962 bits per heavy atom. The van der Waals surface area contributed by atoms with Gasteiger partial charge in [0.25, 0.3) is 0 Å². The number of nitrogens with two attached hydrogens (primary N) is 1. The quantitative estimate of drug-likeness (QED) is 0.609. The maximum Gasteiger partial charge on any atom is 0.229 e. The molecule has 0 aromatic heterocycles. The zero-order valence-electron chi connectivity index (χ0n) is 14.2. The van der Waals surface area contributed by atoms with Crippen LogP contribution in [0.1, 0.15) is 17.0 Å². The molecule has 2 aromatic carbocycles. The van der Waals surface area contributed by atoms with Gasteiger partial charge in [-0.05, 0) is 28.3 Å². The van der Waals surface area contributed by atoms with Crippen molar-refractivity contribution in [3.05, 3.63) is 72.1 Å². The number of hydrogen-bond acceptors (Lipinski definition) is 3. The van der Waals surface area contributed by atoms with Gasteiger partial charge < -0.3 is 10.3 Å². The number of benzene rings is 2. The number of amides is 1. The number of aromatic nitrogens is 3. The van der Waals surface area contributed by atoms with Crippen molar-refractivity contribution in [3.63, 3.8) is 0 Å². The number of rotatable bonds is 2. The third-order valence-electron chi connectivity index (χ3n) is 4.98. The minimum Gasteiger partial charge on any atom is -0.369 e. The van der Waals surface area contributed by atoms with Crippen LogP contribution in [-0.2, 0) is 11.8 Å². The molecule has 0 spiro atoms. The van der Waals surface area contributed by atoms with E-state index in [2.05, 4.69) is 0 Å². The highest BCUT2D eigenvalue weighted by molar-refractivity contribution is 5.99. The predicted molar refractivity (Wildman–Crippen MR) is 99.5 cm³/mol. The average Bonchev–Trinajstić information content (AvgIpc) is 3.19. The number of pyridine rings is 1. The Labute approximate surface area is 150 Å². The second-order valence-electron chi connectivity index (χ2n) is 6.62. The number of imidazole rings is 1. The maximum atomic E-state index is 12.1. The Bertz CT molecular complexity index is 1140. The summed E-state index contributed by atoms with van der Waals surface area (Å²) in [5.41, 5.74) is 12.3. The summed E-state index contributed by atoms with van der Waals surface area (Å²) in [6.45, 7) is 0. The van der Waals surface area contributed by atoms with Gasteiger partial charge in [0, 0.05) is 25.0 Å². The zero-order chi connectivity index (χ0) is 17.8. The van der Waals surface area contributed by atoms with Crippen molar-refractivity contribution in [1.29, 1.82) is 0 Å². The molecule has 0 fully saturated rings. The molecule has 5 nitrogen and oxygen atoms in total. The minimum atomic E-state index is -0.427. The summed E-state index contributed by atoms with van der Waals surface area (Å²) >= 11 is 0. The molecule has 2 aliphatic heterocycles. The third kappa shape index (κ3) is 2.00. The standard InChI is InChI=1S/C21H16N4O/c1-25-10-9-16-17(11-25)24-21(23-16)15-8-4-7-14-18(15)12-5-2-3-6-13(12)19(14)20(22)26/h2-11,19H,1H3,(H2,22,26). The van der Waals surface area contributed by atoms with Crippen LogP contribution < -0.4 is 5.73 Å². The minimum absolute atomic E-state index is 0.339. The molecule has 1 atom stereocenters. The van der Waals surface area contributed by atoms with Crippen molar-refractivity contribution in [3.8, 4) is 33.9 Å². The smallest absolute Gasteiger partial charge is 0.229 e. The molecule has 0 saturated carbocycles. The fourth-order valence-corrected chi connectivity index (χ4v) is 3.88. The number of hydrogen-bond donors (Lipinski definition) is 1. The van der Waals surface area contributed by atoms with Crippen molar-refractivity contribution < 1.29 is 4.79 Å². The summed E-state index contributed by atoms with van der Waals surface area (Å²) < 4.78 is 1.95. The van der Waals surface area contributed by atoms with Crippen LogP contribution in [0, 0.1) is 0 Å². The Morgan fingerprint density at radius 2 is 1.69 bits per heavy atom. The lowest BCUT2D eigenvalue weighted by atomic mass is 9.95. The first-order chi connectivity index (χ1) is 12.6. The molecule has 5 rings (SSSR count). The highest BCUT2D eigenvalue weighted by atomic mass is 16.1. The lowest BCUT2D eigenvalue weighted by Gasteiger charge is -2.09. The van der Waals surface area contributed by atoms with Crippen molar-refractivity contribution in [1.82, 2.24) is 14.5 Å². The number of fused-ring (bicyclic) bond motifs is 4. The monoisotopic (exact) mass is 340 g/mol. The van der Waals surface area contributed by atoms with E-state index < -0.39 is 5.92 Å². The first kappa shape index (κ1) is 14.8. The van der Waals surface area contributed by atoms with Gasteiger partial charge in [-0.3, -0.25) is 4.79 Å². The number of carbonyl (C=O) groups excluding carboxylic acids is 1. The fraction of sp³-hybridized carbons (Fsp3) is 0.0952. The van der Waals surface area contributed by atoms with E-state index >= 15 is 0 Å². The van der Waals surface area contributed by atoms with Crippen LogP contribution in [0.2, 0.25) is 0 Å². The van der Waals surface area contributed by atoms with Gasteiger partial charge in [0.2, 0.25) is 5.91 Å². The van der Waals surface area contributed by atoms with Gasteiger partial charge in [0.15, 0.2) is 5.82 Å². The first-order valence-electron chi connectivity index (χ1n) is 8.45. The van der Waals surface area contributed by atoms with Gasteiger partial charge in [-0.1, -0.05) is 42.5 Å². The van der Waals surface area contributed by atoms with Crippen LogP contribution in [-0.4, -0.2) is 20.4 Å². The van der Waals surface area contributed by atoms with Crippen LogP contribution in [0.3, 0.4) is 0 Å². The molecule has 1 unspecified atom stereocenters. The summed E-state index contributed by atoms with van der Waals surface area (Å²) in [6, 6.07) is 15.8. The van der Waals surface area contributed by atoms with Gasteiger partial charge in [0.1, 0.15) is 5.69 Å². The van der Waals surface area contributed by atoms with E-state index in [1.807, 2.05) is 72.5 Å². The summed E-state index contributed by atoms with van der Waals surface area (Å²) in [5, 5.41) is 0. The molecule has 2 heterocycles. The molecule has 0 radical (unpaired) electrons. The van der Waals surface area contributed by atoms with Gasteiger partial charge >= 0.3 is 0 Å². The van der Waals surface area contributed by atoms with Crippen LogP contribution in [0.25, 0.3) is 33.9 Å². The Morgan fingerprint density at radius 3 is 2.54 bits per heavy atom. The lowest BCUT2D eigenvalue weighted by Crippen LogP contribution is -2.20. The van der Waals surface area contributed by atoms with Crippen molar-refractivity contribution in [2.45, 2.75) is 5.92 Å². The van der Waals surface area contributed by atoms with E-state index in [-0.39, 0.29) is 5.91 Å². The highest BCUT2D eigenvalue weighted by Gasteiger charge is 2.34. The number of carbonyl (C=O) groups is 1. The van der Waals surface area contributed by atoms with Crippen molar-refractivity contribution in [2.75, 3.05) is 0 Å². The number of primary amides is 1. The highest BCUT2D eigenvalue weighted by Crippen LogP contribution is 2.48. The summed E-state index contributed by atoms with van der Waals surface area (Å²) in [5.74, 6) is -0.0970. The Balaban J connectivity index is 1.79. The molecule has 126 valence electrons. The van der Waals surface area contributed by atoms with Crippen LogP contribution in [0.15, 0.2) is 60.9 Å². The fourth-order valence-electron chi connectivity index (χ4n) is 3.88. The zero-order valence-corrected chi connectivity index (χ0v) is 14.2. The second-order valence-corrected chi connectivity index (χ2v) is 6.62.